The third-order valence-electron chi connectivity index (χ3n) is 2.82. The molecule has 0 aromatic heterocycles. The minimum atomic E-state index is -1.23. The van der Waals surface area contributed by atoms with Crippen LogP contribution in [-0.4, -0.2) is 16.0 Å². The van der Waals surface area contributed by atoms with E-state index in [1.807, 2.05) is 6.07 Å². The van der Waals surface area contributed by atoms with Crippen molar-refractivity contribution in [3.63, 3.8) is 0 Å². The molecule has 22 heavy (non-hydrogen) atoms. The van der Waals surface area contributed by atoms with Gasteiger partial charge in [0.25, 0.3) is 5.69 Å². The summed E-state index contributed by atoms with van der Waals surface area (Å²) in [7, 11) is 0. The van der Waals surface area contributed by atoms with E-state index in [0.29, 0.717) is 5.56 Å². The number of hydrogen-bond acceptors (Lipinski definition) is 3. The fourth-order valence-corrected chi connectivity index (χ4v) is 3.27. The quantitative estimate of drug-likeness (QED) is 0.331. The summed E-state index contributed by atoms with van der Waals surface area (Å²) >= 11 is 6.64. The molecule has 0 heterocycles. The maximum absolute atomic E-state index is 11.5. The minimum Gasteiger partial charge on any atom is -0.478 e. The highest BCUT2D eigenvalue weighted by atomic mass is 79.9. The Balaban J connectivity index is 2.63. The third kappa shape index (κ3) is 3.80. The Labute approximate surface area is 142 Å². The molecule has 0 atom stereocenters. The number of rotatable bonds is 4. The van der Waals surface area contributed by atoms with E-state index < -0.39 is 10.9 Å². The van der Waals surface area contributed by atoms with Crippen LogP contribution in [0.2, 0.25) is 0 Å². The van der Waals surface area contributed by atoms with Gasteiger partial charge in [-0.25, -0.2) is 4.79 Å². The molecule has 1 N–H and O–H groups in total. The second-order valence-electron chi connectivity index (χ2n) is 4.34. The van der Waals surface area contributed by atoms with E-state index in [1.165, 1.54) is 24.3 Å². The van der Waals surface area contributed by atoms with Crippen LogP contribution in [0.1, 0.15) is 11.1 Å². The SMILES string of the molecule is O=C(O)/C(=C\c1cc(Br)cc(Br)c1)c1ccccc1[N+](=O)[O-]. The monoisotopic (exact) mass is 425 g/mol. The number of carboxylic acids is 1. The zero-order valence-corrected chi connectivity index (χ0v) is 14.2. The summed E-state index contributed by atoms with van der Waals surface area (Å²) in [5, 5.41) is 20.5. The molecule has 0 amide bonds. The number of nitro groups is 1. The topological polar surface area (TPSA) is 80.4 Å². The van der Waals surface area contributed by atoms with E-state index >= 15 is 0 Å². The number of hydrogen-bond donors (Lipinski definition) is 1. The lowest BCUT2D eigenvalue weighted by atomic mass is 10.0. The van der Waals surface area contributed by atoms with Gasteiger partial charge in [0.1, 0.15) is 0 Å². The lowest BCUT2D eigenvalue weighted by molar-refractivity contribution is -0.385. The zero-order valence-electron chi connectivity index (χ0n) is 11.0. The van der Waals surface area contributed by atoms with Gasteiger partial charge < -0.3 is 5.11 Å². The Morgan fingerprint density at radius 3 is 2.27 bits per heavy atom. The highest BCUT2D eigenvalue weighted by molar-refractivity contribution is 9.11. The number of carbonyl (C=O) groups is 1. The summed E-state index contributed by atoms with van der Waals surface area (Å²) < 4.78 is 1.53. The molecule has 0 aliphatic heterocycles. The largest absolute Gasteiger partial charge is 0.478 e. The molecule has 0 aliphatic rings. The number of nitro benzene ring substituents is 1. The van der Waals surface area contributed by atoms with Gasteiger partial charge in [-0.05, 0) is 35.9 Å². The zero-order chi connectivity index (χ0) is 16.3. The minimum absolute atomic E-state index is 0.0658. The summed E-state index contributed by atoms with van der Waals surface area (Å²) in [6, 6.07) is 11.0. The second-order valence-corrected chi connectivity index (χ2v) is 6.17. The predicted molar refractivity (Wildman–Crippen MR) is 90.4 cm³/mol. The van der Waals surface area contributed by atoms with Crippen molar-refractivity contribution >= 4 is 55.2 Å². The molecular weight excluding hydrogens is 418 g/mol. The highest BCUT2D eigenvalue weighted by Gasteiger charge is 2.21. The van der Waals surface area contributed by atoms with Gasteiger partial charge in [-0.1, -0.05) is 44.0 Å². The number of para-hydroxylation sites is 1. The molecule has 2 rings (SSSR count). The average Bonchev–Trinajstić information content (AvgIpc) is 2.43. The first-order valence-electron chi connectivity index (χ1n) is 6.03. The molecule has 0 saturated carbocycles. The van der Waals surface area contributed by atoms with Gasteiger partial charge >= 0.3 is 5.97 Å². The molecule has 0 saturated heterocycles. The van der Waals surface area contributed by atoms with Crippen molar-refractivity contribution in [2.24, 2.45) is 0 Å². The first kappa shape index (κ1) is 16.4. The van der Waals surface area contributed by atoms with Crippen LogP contribution in [-0.2, 0) is 4.79 Å². The Morgan fingerprint density at radius 1 is 1.14 bits per heavy atom. The molecule has 0 spiro atoms. The van der Waals surface area contributed by atoms with Crippen LogP contribution in [0.4, 0.5) is 5.69 Å². The molecule has 0 fully saturated rings. The van der Waals surface area contributed by atoms with E-state index in [-0.39, 0.29) is 16.8 Å². The van der Waals surface area contributed by atoms with Gasteiger partial charge in [-0.15, -0.1) is 0 Å². The van der Waals surface area contributed by atoms with Crippen molar-refractivity contribution in [3.05, 3.63) is 72.7 Å². The predicted octanol–water partition coefficient (Wildman–Crippen LogP) is 4.75. The van der Waals surface area contributed by atoms with Crippen LogP contribution in [0.3, 0.4) is 0 Å². The van der Waals surface area contributed by atoms with Gasteiger partial charge in [0.15, 0.2) is 0 Å². The maximum Gasteiger partial charge on any atom is 0.336 e. The summed E-state index contributed by atoms with van der Waals surface area (Å²) in [4.78, 5) is 22.0. The van der Waals surface area contributed by atoms with Crippen molar-refractivity contribution in [3.8, 4) is 0 Å². The summed E-state index contributed by atoms with van der Waals surface area (Å²) in [6.45, 7) is 0. The summed E-state index contributed by atoms with van der Waals surface area (Å²) in [6.07, 6.45) is 1.40. The smallest absolute Gasteiger partial charge is 0.336 e. The summed E-state index contributed by atoms with van der Waals surface area (Å²) in [5.74, 6) is -1.23. The average molecular weight is 427 g/mol. The van der Waals surface area contributed by atoms with Crippen molar-refractivity contribution < 1.29 is 14.8 Å². The molecule has 5 nitrogen and oxygen atoms in total. The molecule has 0 bridgehead atoms. The second kappa shape index (κ2) is 6.85. The van der Waals surface area contributed by atoms with Crippen LogP contribution >= 0.6 is 31.9 Å². The molecular formula is C15H9Br2NO4. The Hall–Kier alpha value is -1.99. The lowest BCUT2D eigenvalue weighted by Crippen LogP contribution is -2.03. The molecule has 2 aromatic carbocycles. The van der Waals surface area contributed by atoms with Gasteiger partial charge in [-0.3, -0.25) is 10.1 Å². The fraction of sp³-hybridized carbons (Fsp3) is 0. The van der Waals surface area contributed by atoms with Crippen LogP contribution in [0.15, 0.2) is 51.4 Å². The normalized spacial score (nSPS) is 11.3. The standard InChI is InChI=1S/C15H9Br2NO4/c16-10-5-9(6-11(17)8-10)7-13(15(19)20)12-3-1-2-4-14(12)18(21)22/h1-8H,(H,19,20)/b13-7-. The van der Waals surface area contributed by atoms with E-state index in [4.69, 9.17) is 0 Å². The third-order valence-corrected chi connectivity index (χ3v) is 3.73. The number of benzene rings is 2. The molecule has 0 unspecified atom stereocenters. The van der Waals surface area contributed by atoms with Crippen molar-refractivity contribution in [1.82, 2.24) is 0 Å². The fourth-order valence-electron chi connectivity index (χ4n) is 1.94. The molecule has 0 radical (unpaired) electrons. The Kier molecular flexibility index (Phi) is 5.10. The first-order chi connectivity index (χ1) is 10.4. The van der Waals surface area contributed by atoms with Crippen LogP contribution in [0.25, 0.3) is 11.6 Å². The Morgan fingerprint density at radius 2 is 1.73 bits per heavy atom. The highest BCUT2D eigenvalue weighted by Crippen LogP contribution is 2.29. The lowest BCUT2D eigenvalue weighted by Gasteiger charge is -2.05. The number of aliphatic carboxylic acids is 1. The van der Waals surface area contributed by atoms with E-state index in [1.54, 1.807) is 18.2 Å². The van der Waals surface area contributed by atoms with Crippen LogP contribution in [0, 0.1) is 10.1 Å². The number of nitrogens with zero attached hydrogens (tertiary/aromatic N) is 1. The Bertz CT molecular complexity index is 767. The van der Waals surface area contributed by atoms with Gasteiger partial charge in [0, 0.05) is 15.0 Å². The van der Waals surface area contributed by atoms with Crippen molar-refractivity contribution in [1.29, 1.82) is 0 Å². The first-order valence-corrected chi connectivity index (χ1v) is 7.62. The molecule has 7 heteroatoms. The summed E-state index contributed by atoms with van der Waals surface area (Å²) in [5.41, 5.74) is 0.287. The molecule has 112 valence electrons. The van der Waals surface area contributed by atoms with E-state index in [0.717, 1.165) is 8.95 Å². The van der Waals surface area contributed by atoms with E-state index in [9.17, 15) is 20.0 Å². The number of halogens is 2. The van der Waals surface area contributed by atoms with Gasteiger partial charge in [0.2, 0.25) is 0 Å². The molecule has 0 aliphatic carbocycles. The van der Waals surface area contributed by atoms with Crippen LogP contribution in [0.5, 0.6) is 0 Å². The van der Waals surface area contributed by atoms with E-state index in [2.05, 4.69) is 31.9 Å². The molecule has 2 aromatic rings. The number of carboxylic acid groups (broad SMARTS) is 1. The maximum atomic E-state index is 11.5. The van der Waals surface area contributed by atoms with Crippen LogP contribution < -0.4 is 0 Å². The van der Waals surface area contributed by atoms with Crippen molar-refractivity contribution in [2.75, 3.05) is 0 Å². The van der Waals surface area contributed by atoms with Gasteiger partial charge in [-0.2, -0.15) is 0 Å². The van der Waals surface area contributed by atoms with Gasteiger partial charge in [0.05, 0.1) is 16.1 Å². The van der Waals surface area contributed by atoms with Crippen molar-refractivity contribution in [2.45, 2.75) is 0 Å².